The number of amides is 1. The molecule has 0 radical (unpaired) electrons. The lowest BCUT2D eigenvalue weighted by atomic mass is 10.9. The van der Waals surface area contributed by atoms with Crippen LogP contribution in [0.3, 0.4) is 0 Å². The van der Waals surface area contributed by atoms with Gasteiger partial charge in [-0.15, -0.1) is 0 Å². The fraction of sp³-hybridized carbons (Fsp3) is 0.750. The number of ether oxygens (including phenoxy) is 1. The number of nitrogens with zero attached hydrogens (tertiary/aromatic N) is 1. The first-order valence-electron chi connectivity index (χ1n) is 2.27. The molecule has 0 aromatic carbocycles. The van der Waals surface area contributed by atoms with Crippen LogP contribution >= 0.6 is 12.8 Å². The highest BCUT2D eigenvalue weighted by molar-refractivity contribution is 7.78. The van der Waals surface area contributed by atoms with Crippen LogP contribution in [0.4, 0.5) is 4.79 Å². The van der Waals surface area contributed by atoms with Gasteiger partial charge in [-0.3, -0.25) is 4.31 Å². The van der Waals surface area contributed by atoms with Crippen molar-refractivity contribution in [3.05, 3.63) is 0 Å². The molecule has 0 fully saturated rings. The minimum absolute atomic E-state index is 0.393. The Hall–Kier alpha value is -0.380. The molecule has 0 N–H and O–H groups in total. The Bertz CT molecular complexity index is 84.1. The summed E-state index contributed by atoms with van der Waals surface area (Å²) in [4.78, 5) is 10.4. The van der Waals surface area contributed by atoms with Crippen molar-refractivity contribution < 1.29 is 9.53 Å². The van der Waals surface area contributed by atoms with Crippen LogP contribution in [0.2, 0.25) is 0 Å². The maximum Gasteiger partial charge on any atom is 0.419 e. The summed E-state index contributed by atoms with van der Waals surface area (Å²) in [6, 6.07) is 0. The van der Waals surface area contributed by atoms with E-state index in [0.29, 0.717) is 6.61 Å². The third kappa shape index (κ3) is 2.74. The molecule has 48 valence electrons. The van der Waals surface area contributed by atoms with Gasteiger partial charge in [-0.2, -0.15) is 0 Å². The van der Waals surface area contributed by atoms with E-state index in [4.69, 9.17) is 0 Å². The summed E-state index contributed by atoms with van der Waals surface area (Å²) >= 11 is 3.69. The first-order chi connectivity index (χ1) is 3.68. The maximum atomic E-state index is 10.4. The van der Waals surface area contributed by atoms with E-state index in [-0.39, 0.29) is 0 Å². The molecule has 0 aromatic heterocycles. The van der Waals surface area contributed by atoms with Crippen molar-refractivity contribution in [1.29, 1.82) is 0 Å². The van der Waals surface area contributed by atoms with Crippen molar-refractivity contribution in [2.24, 2.45) is 0 Å². The molecule has 0 aliphatic heterocycles. The number of hydrogen-bond donors (Lipinski definition) is 1. The van der Waals surface area contributed by atoms with Gasteiger partial charge in [-0.25, -0.2) is 4.79 Å². The average molecular weight is 135 g/mol. The third-order valence-electron chi connectivity index (χ3n) is 0.532. The minimum Gasteiger partial charge on any atom is -0.449 e. The number of hydrogen-bond acceptors (Lipinski definition) is 3. The second-order valence-corrected chi connectivity index (χ2v) is 1.82. The Morgan fingerprint density at radius 2 is 2.38 bits per heavy atom. The molecule has 0 rings (SSSR count). The lowest BCUT2D eigenvalue weighted by Gasteiger charge is -2.06. The Labute approximate surface area is 54.2 Å². The van der Waals surface area contributed by atoms with Crippen LogP contribution in [0.1, 0.15) is 6.92 Å². The Balaban J connectivity index is 3.33. The van der Waals surface area contributed by atoms with E-state index in [1.165, 1.54) is 7.05 Å². The summed E-state index contributed by atoms with van der Waals surface area (Å²) in [5.41, 5.74) is 0. The van der Waals surface area contributed by atoms with E-state index in [1.54, 1.807) is 6.92 Å². The summed E-state index contributed by atoms with van der Waals surface area (Å²) in [6.07, 6.45) is -0.421. The van der Waals surface area contributed by atoms with Gasteiger partial charge in [-0.1, -0.05) is 12.8 Å². The normalized spacial score (nSPS) is 8.38. The largest absolute Gasteiger partial charge is 0.449 e. The van der Waals surface area contributed by atoms with E-state index in [0.717, 1.165) is 4.31 Å². The summed E-state index contributed by atoms with van der Waals surface area (Å²) in [5.74, 6) is 0. The van der Waals surface area contributed by atoms with Crippen LogP contribution < -0.4 is 0 Å². The SMILES string of the molecule is CCOC(=O)N(C)S. The zero-order chi connectivity index (χ0) is 6.57. The molecule has 0 aliphatic carbocycles. The molecular formula is C4H9NO2S. The van der Waals surface area contributed by atoms with E-state index in [1.807, 2.05) is 0 Å². The standard InChI is InChI=1S/C4H9NO2S/c1-3-7-4(6)5(2)8/h8H,3H2,1-2H3. The van der Waals surface area contributed by atoms with Crippen LogP contribution in [-0.4, -0.2) is 24.1 Å². The van der Waals surface area contributed by atoms with Crippen molar-refractivity contribution in [3.8, 4) is 0 Å². The van der Waals surface area contributed by atoms with Gasteiger partial charge < -0.3 is 4.74 Å². The predicted molar refractivity (Wildman–Crippen MR) is 33.8 cm³/mol. The second-order valence-electron chi connectivity index (χ2n) is 1.22. The first kappa shape index (κ1) is 7.62. The number of carbonyl (C=O) groups is 1. The van der Waals surface area contributed by atoms with Gasteiger partial charge in [-0.05, 0) is 6.92 Å². The summed E-state index contributed by atoms with van der Waals surface area (Å²) in [6.45, 7) is 2.14. The smallest absolute Gasteiger partial charge is 0.419 e. The predicted octanol–water partition coefficient (Wildman–Crippen LogP) is 0.919. The highest BCUT2D eigenvalue weighted by Gasteiger charge is 2.01. The molecule has 8 heavy (non-hydrogen) atoms. The Morgan fingerprint density at radius 3 is 2.50 bits per heavy atom. The summed E-state index contributed by atoms with van der Waals surface area (Å²) in [7, 11) is 1.51. The topological polar surface area (TPSA) is 29.5 Å². The van der Waals surface area contributed by atoms with Crippen molar-refractivity contribution in [3.63, 3.8) is 0 Å². The third-order valence-corrected chi connectivity index (χ3v) is 0.695. The first-order valence-corrected chi connectivity index (χ1v) is 2.67. The fourth-order valence-electron chi connectivity index (χ4n) is 0.217. The van der Waals surface area contributed by atoms with Crippen molar-refractivity contribution >= 4 is 18.9 Å². The van der Waals surface area contributed by atoms with Crippen molar-refractivity contribution in [2.75, 3.05) is 13.7 Å². The van der Waals surface area contributed by atoms with Gasteiger partial charge in [0, 0.05) is 7.05 Å². The fourth-order valence-corrected chi connectivity index (χ4v) is 0.275. The van der Waals surface area contributed by atoms with Gasteiger partial charge in [0.1, 0.15) is 0 Å². The van der Waals surface area contributed by atoms with E-state index in [2.05, 4.69) is 17.6 Å². The maximum absolute atomic E-state index is 10.4. The lowest BCUT2D eigenvalue weighted by Crippen LogP contribution is -2.17. The quantitative estimate of drug-likeness (QED) is 0.542. The summed E-state index contributed by atoms with van der Waals surface area (Å²) < 4.78 is 5.60. The van der Waals surface area contributed by atoms with E-state index < -0.39 is 6.09 Å². The molecule has 0 atom stereocenters. The highest BCUT2D eigenvalue weighted by atomic mass is 32.1. The van der Waals surface area contributed by atoms with Crippen LogP contribution in [0.25, 0.3) is 0 Å². The van der Waals surface area contributed by atoms with Crippen molar-refractivity contribution in [2.45, 2.75) is 6.92 Å². The Kier molecular flexibility index (Phi) is 3.43. The number of thiol groups is 1. The van der Waals surface area contributed by atoms with Crippen LogP contribution in [-0.2, 0) is 4.74 Å². The van der Waals surface area contributed by atoms with Crippen molar-refractivity contribution in [1.82, 2.24) is 4.31 Å². The molecule has 0 aliphatic rings. The van der Waals surface area contributed by atoms with Gasteiger partial charge in [0.2, 0.25) is 0 Å². The number of rotatable bonds is 1. The molecule has 1 amide bonds. The van der Waals surface area contributed by atoms with Gasteiger partial charge in [0.15, 0.2) is 0 Å². The molecular weight excluding hydrogens is 126 g/mol. The monoisotopic (exact) mass is 135 g/mol. The zero-order valence-corrected chi connectivity index (χ0v) is 5.81. The molecule has 0 aromatic rings. The van der Waals surface area contributed by atoms with Crippen LogP contribution in [0.5, 0.6) is 0 Å². The molecule has 0 spiro atoms. The van der Waals surface area contributed by atoms with Gasteiger partial charge >= 0.3 is 6.09 Å². The lowest BCUT2D eigenvalue weighted by molar-refractivity contribution is 0.139. The minimum atomic E-state index is -0.421. The molecule has 4 heteroatoms. The van der Waals surface area contributed by atoms with Crippen LogP contribution in [0, 0.1) is 0 Å². The summed E-state index contributed by atoms with van der Waals surface area (Å²) in [5, 5.41) is 0. The van der Waals surface area contributed by atoms with Gasteiger partial charge in [0.05, 0.1) is 6.61 Å². The van der Waals surface area contributed by atoms with Crippen LogP contribution in [0.15, 0.2) is 0 Å². The highest BCUT2D eigenvalue weighted by Crippen LogP contribution is 1.90. The Morgan fingerprint density at radius 1 is 1.88 bits per heavy atom. The molecule has 3 nitrogen and oxygen atoms in total. The average Bonchev–Trinajstić information content (AvgIpc) is 1.67. The molecule has 0 heterocycles. The molecule has 0 saturated heterocycles. The molecule has 0 unspecified atom stereocenters. The zero-order valence-electron chi connectivity index (χ0n) is 4.92. The molecule has 0 saturated carbocycles. The van der Waals surface area contributed by atoms with E-state index >= 15 is 0 Å². The van der Waals surface area contributed by atoms with E-state index in [9.17, 15) is 4.79 Å². The number of carbonyl (C=O) groups excluding carboxylic acids is 1. The van der Waals surface area contributed by atoms with Gasteiger partial charge in [0.25, 0.3) is 0 Å². The second kappa shape index (κ2) is 3.60. The molecule has 0 bridgehead atoms.